The highest BCUT2D eigenvalue weighted by atomic mass is 16.6. The highest BCUT2D eigenvalue weighted by Crippen LogP contribution is 2.08. The van der Waals surface area contributed by atoms with Crippen molar-refractivity contribution in [2.45, 2.75) is 44.9 Å². The summed E-state index contributed by atoms with van der Waals surface area (Å²) in [5, 5.41) is 22.4. The van der Waals surface area contributed by atoms with Gasteiger partial charge in [-0.1, -0.05) is 0 Å². The Bertz CT molecular complexity index is 566. The maximum atomic E-state index is 12.3. The summed E-state index contributed by atoms with van der Waals surface area (Å²) in [6, 6.07) is -2.57. The molecular weight excluding hydrogens is 320 g/mol. The number of alkyl carbamates (subject to hydrolysis) is 1. The van der Waals surface area contributed by atoms with Gasteiger partial charge in [0.05, 0.1) is 12.9 Å². The fraction of sp³-hybridized carbons (Fsp3) is 0.571. The van der Waals surface area contributed by atoms with E-state index in [9.17, 15) is 14.4 Å². The van der Waals surface area contributed by atoms with Gasteiger partial charge in [-0.3, -0.25) is 4.79 Å². The third kappa shape index (κ3) is 6.65. The van der Waals surface area contributed by atoms with Gasteiger partial charge >= 0.3 is 12.1 Å². The number of imidazole rings is 1. The van der Waals surface area contributed by atoms with Crippen molar-refractivity contribution in [2.24, 2.45) is 0 Å². The van der Waals surface area contributed by atoms with Gasteiger partial charge < -0.3 is 30.6 Å². The molecule has 0 saturated carbocycles. The Morgan fingerprint density at radius 2 is 1.96 bits per heavy atom. The van der Waals surface area contributed by atoms with Crippen LogP contribution in [0.3, 0.4) is 0 Å². The number of aliphatic hydroxyl groups excluding tert-OH is 1. The quantitative estimate of drug-likeness (QED) is 0.443. The first-order valence-electron chi connectivity index (χ1n) is 7.23. The Morgan fingerprint density at radius 3 is 2.42 bits per heavy atom. The van der Waals surface area contributed by atoms with Crippen molar-refractivity contribution in [3.8, 4) is 0 Å². The van der Waals surface area contributed by atoms with E-state index in [0.717, 1.165) is 0 Å². The molecule has 134 valence electrons. The molecule has 10 nitrogen and oxygen atoms in total. The molecular formula is C14H22N4O6. The number of H-pyrrole nitrogens is 1. The van der Waals surface area contributed by atoms with E-state index < -0.39 is 42.3 Å². The summed E-state index contributed by atoms with van der Waals surface area (Å²) in [5.41, 5.74) is -0.199. The highest BCUT2D eigenvalue weighted by Gasteiger charge is 2.28. The molecule has 1 aromatic heterocycles. The van der Waals surface area contributed by atoms with Crippen molar-refractivity contribution in [1.29, 1.82) is 0 Å². The largest absolute Gasteiger partial charge is 0.480 e. The number of rotatable bonds is 7. The van der Waals surface area contributed by atoms with Crippen LogP contribution in [0, 0.1) is 0 Å². The minimum Gasteiger partial charge on any atom is -0.480 e. The SMILES string of the molecule is CC(C)(C)OC(=O)N[C@@H](Cc1cnc[nH]1)C(=O)N[C@@H](CO)C(=O)O. The number of aliphatic carboxylic acids is 1. The van der Waals surface area contributed by atoms with Crippen LogP contribution in [0.25, 0.3) is 0 Å². The topological polar surface area (TPSA) is 154 Å². The van der Waals surface area contributed by atoms with Crippen molar-refractivity contribution < 1.29 is 29.3 Å². The Hall–Kier alpha value is -2.62. The third-order valence-electron chi connectivity index (χ3n) is 2.78. The summed E-state index contributed by atoms with van der Waals surface area (Å²) >= 11 is 0. The fourth-order valence-corrected chi connectivity index (χ4v) is 1.73. The second-order valence-corrected chi connectivity index (χ2v) is 6.06. The highest BCUT2D eigenvalue weighted by molar-refractivity contribution is 5.89. The van der Waals surface area contributed by atoms with Crippen LogP contribution in [0.4, 0.5) is 4.79 Å². The van der Waals surface area contributed by atoms with Gasteiger partial charge in [-0.2, -0.15) is 0 Å². The predicted molar refractivity (Wildman–Crippen MR) is 82.1 cm³/mol. The lowest BCUT2D eigenvalue weighted by molar-refractivity contribution is -0.143. The van der Waals surface area contributed by atoms with Crippen LogP contribution < -0.4 is 10.6 Å². The molecule has 0 spiro atoms. The molecule has 0 saturated heterocycles. The zero-order chi connectivity index (χ0) is 18.3. The molecule has 0 aliphatic rings. The van der Waals surface area contributed by atoms with Crippen molar-refractivity contribution in [3.05, 3.63) is 18.2 Å². The minimum atomic E-state index is -1.47. The van der Waals surface area contributed by atoms with Gasteiger partial charge in [0.25, 0.3) is 0 Å². The predicted octanol–water partition coefficient (Wildman–Crippen LogP) is -0.593. The lowest BCUT2D eigenvalue weighted by Gasteiger charge is -2.24. The molecule has 5 N–H and O–H groups in total. The molecule has 0 aromatic carbocycles. The Morgan fingerprint density at radius 1 is 1.29 bits per heavy atom. The molecule has 0 aliphatic heterocycles. The van der Waals surface area contributed by atoms with Crippen LogP contribution in [0.15, 0.2) is 12.5 Å². The number of ether oxygens (including phenoxy) is 1. The van der Waals surface area contributed by atoms with Crippen molar-refractivity contribution >= 4 is 18.0 Å². The summed E-state index contributed by atoms with van der Waals surface area (Å²) in [7, 11) is 0. The number of amides is 2. The Balaban J connectivity index is 2.82. The molecule has 1 aromatic rings. The molecule has 0 unspecified atom stereocenters. The number of hydrogen-bond acceptors (Lipinski definition) is 6. The number of nitrogens with zero attached hydrogens (tertiary/aromatic N) is 1. The number of aliphatic hydroxyl groups is 1. The van der Waals surface area contributed by atoms with Crippen LogP contribution in [0.1, 0.15) is 26.5 Å². The maximum absolute atomic E-state index is 12.3. The number of carbonyl (C=O) groups excluding carboxylic acids is 2. The first kappa shape index (κ1) is 19.4. The van der Waals surface area contributed by atoms with Crippen molar-refractivity contribution in [1.82, 2.24) is 20.6 Å². The number of carboxylic acids is 1. The average molecular weight is 342 g/mol. The van der Waals surface area contributed by atoms with Crippen LogP contribution in [0.2, 0.25) is 0 Å². The van der Waals surface area contributed by atoms with E-state index in [1.165, 1.54) is 12.5 Å². The van der Waals surface area contributed by atoms with Crippen molar-refractivity contribution in [3.63, 3.8) is 0 Å². The molecule has 0 aliphatic carbocycles. The molecule has 2 amide bonds. The van der Waals surface area contributed by atoms with E-state index in [-0.39, 0.29) is 6.42 Å². The smallest absolute Gasteiger partial charge is 0.408 e. The summed E-state index contributed by atoms with van der Waals surface area (Å²) in [6.07, 6.45) is 2.10. The van der Waals surface area contributed by atoms with Crippen LogP contribution in [-0.2, 0) is 20.7 Å². The monoisotopic (exact) mass is 342 g/mol. The summed E-state index contributed by atoms with van der Waals surface area (Å²) in [5.74, 6) is -2.15. The zero-order valence-corrected chi connectivity index (χ0v) is 13.7. The zero-order valence-electron chi connectivity index (χ0n) is 13.7. The molecule has 10 heteroatoms. The van der Waals surface area contributed by atoms with E-state index >= 15 is 0 Å². The molecule has 24 heavy (non-hydrogen) atoms. The summed E-state index contributed by atoms with van der Waals surface area (Å²) in [4.78, 5) is 41.7. The van der Waals surface area contributed by atoms with Gasteiger partial charge in [0.2, 0.25) is 5.91 Å². The van der Waals surface area contributed by atoms with E-state index in [2.05, 4.69) is 20.6 Å². The van der Waals surface area contributed by atoms with Gasteiger partial charge in [0.1, 0.15) is 17.7 Å². The molecule has 1 rings (SSSR count). The van der Waals surface area contributed by atoms with Crippen LogP contribution in [0.5, 0.6) is 0 Å². The maximum Gasteiger partial charge on any atom is 0.408 e. The third-order valence-corrected chi connectivity index (χ3v) is 2.78. The van der Waals surface area contributed by atoms with Gasteiger partial charge in [0, 0.05) is 18.3 Å². The molecule has 1 heterocycles. The normalized spacial score (nSPS) is 13.7. The first-order valence-corrected chi connectivity index (χ1v) is 7.23. The number of carboxylic acid groups (broad SMARTS) is 1. The standard InChI is InChI=1S/C14H22N4O6/c1-14(2,3)24-13(23)18-9(4-8-5-15-7-16-8)11(20)17-10(6-19)12(21)22/h5,7,9-10,19H,4,6H2,1-3H3,(H,15,16)(H,17,20)(H,18,23)(H,21,22)/t9-,10-/m0/s1. The molecule has 0 fully saturated rings. The summed E-state index contributed by atoms with van der Waals surface area (Å²) in [6.45, 7) is 4.23. The van der Waals surface area contributed by atoms with Crippen LogP contribution in [-0.4, -0.2) is 62.4 Å². The number of aromatic nitrogens is 2. The van der Waals surface area contributed by atoms with E-state index in [0.29, 0.717) is 5.69 Å². The average Bonchev–Trinajstić information content (AvgIpc) is 2.94. The fourth-order valence-electron chi connectivity index (χ4n) is 1.73. The number of hydrogen-bond donors (Lipinski definition) is 5. The summed E-state index contributed by atoms with van der Waals surface area (Å²) < 4.78 is 5.09. The Labute approximate surface area is 138 Å². The molecule has 2 atom stereocenters. The number of nitrogens with one attached hydrogen (secondary N) is 3. The Kier molecular flexibility index (Phi) is 6.71. The van der Waals surface area contributed by atoms with E-state index in [1.54, 1.807) is 20.8 Å². The molecule has 0 bridgehead atoms. The number of carbonyl (C=O) groups is 3. The second kappa shape index (κ2) is 8.29. The van der Waals surface area contributed by atoms with Gasteiger partial charge in [-0.05, 0) is 20.8 Å². The lowest BCUT2D eigenvalue weighted by atomic mass is 10.1. The number of aromatic amines is 1. The van der Waals surface area contributed by atoms with Gasteiger partial charge in [-0.15, -0.1) is 0 Å². The molecule has 0 radical (unpaired) electrons. The van der Waals surface area contributed by atoms with E-state index in [1.807, 2.05) is 0 Å². The lowest BCUT2D eigenvalue weighted by Crippen LogP contribution is -2.54. The van der Waals surface area contributed by atoms with Crippen LogP contribution >= 0.6 is 0 Å². The van der Waals surface area contributed by atoms with Gasteiger partial charge in [-0.25, -0.2) is 14.6 Å². The van der Waals surface area contributed by atoms with Crippen molar-refractivity contribution in [2.75, 3.05) is 6.61 Å². The second-order valence-electron chi connectivity index (χ2n) is 6.06. The van der Waals surface area contributed by atoms with E-state index in [4.69, 9.17) is 14.9 Å². The van der Waals surface area contributed by atoms with Gasteiger partial charge in [0.15, 0.2) is 0 Å². The minimum absolute atomic E-state index is 0.0445. The first-order chi connectivity index (χ1) is 11.1.